The van der Waals surface area contributed by atoms with Crippen LogP contribution >= 0.6 is 22.9 Å². The van der Waals surface area contributed by atoms with Crippen LogP contribution in [0.4, 0.5) is 0 Å². The summed E-state index contributed by atoms with van der Waals surface area (Å²) in [5.74, 6) is -0.537. The predicted molar refractivity (Wildman–Crippen MR) is 105 cm³/mol. The molecule has 0 bridgehead atoms. The molecule has 1 aliphatic heterocycles. The lowest BCUT2D eigenvalue weighted by atomic mass is 9.87. The SMILES string of the molecule is CC1(O)CCCN(S(=O)(=O)c2ccc(OCc3cnc(Cl)s3)cc2)C1C(=O)NO. The second-order valence-electron chi connectivity index (χ2n) is 6.79. The number of aromatic nitrogens is 1. The van der Waals surface area contributed by atoms with Gasteiger partial charge in [0.15, 0.2) is 4.47 Å². The Kier molecular flexibility index (Phi) is 6.46. The third-order valence-corrected chi connectivity index (χ3v) is 7.60. The largest absolute Gasteiger partial charge is 0.488 e. The fourth-order valence-corrected chi connectivity index (χ4v) is 5.86. The Bertz CT molecular complexity index is 977. The summed E-state index contributed by atoms with van der Waals surface area (Å²) >= 11 is 7.05. The number of hydrogen-bond acceptors (Lipinski definition) is 8. The van der Waals surface area contributed by atoms with Gasteiger partial charge in [-0.15, -0.1) is 11.3 Å². The number of halogens is 1. The lowest BCUT2D eigenvalue weighted by molar-refractivity contribution is -0.144. The first-order valence-electron chi connectivity index (χ1n) is 8.66. The standard InChI is InChI=1S/C17H20ClN3O6S2/c1-17(23)7-2-8-21(14(17)15(22)20-24)29(25,26)13-5-3-11(4-6-13)27-10-12-9-19-16(18)28-12/h3-6,9,14,23-24H,2,7-8,10H2,1H3,(H,20,22). The average Bonchev–Trinajstić information content (AvgIpc) is 3.10. The van der Waals surface area contributed by atoms with E-state index in [-0.39, 0.29) is 24.5 Å². The van der Waals surface area contributed by atoms with Crippen LogP contribution in [0.2, 0.25) is 4.47 Å². The first-order valence-corrected chi connectivity index (χ1v) is 11.3. The molecular weight excluding hydrogens is 442 g/mol. The summed E-state index contributed by atoms with van der Waals surface area (Å²) in [7, 11) is -4.10. The van der Waals surface area contributed by atoms with E-state index in [1.54, 1.807) is 6.20 Å². The molecule has 2 unspecified atom stereocenters. The summed E-state index contributed by atoms with van der Waals surface area (Å²) in [5.41, 5.74) is -0.165. The summed E-state index contributed by atoms with van der Waals surface area (Å²) in [5, 5.41) is 19.5. The van der Waals surface area contributed by atoms with Gasteiger partial charge in [-0.3, -0.25) is 10.0 Å². The van der Waals surface area contributed by atoms with Crippen molar-refractivity contribution >= 4 is 38.9 Å². The molecule has 3 rings (SSSR count). The summed E-state index contributed by atoms with van der Waals surface area (Å²) in [6.45, 7) is 1.66. The Morgan fingerprint density at radius 1 is 1.45 bits per heavy atom. The van der Waals surface area contributed by atoms with Gasteiger partial charge in [0.2, 0.25) is 10.0 Å². The minimum Gasteiger partial charge on any atom is -0.488 e. The van der Waals surface area contributed by atoms with E-state index >= 15 is 0 Å². The van der Waals surface area contributed by atoms with E-state index in [1.807, 2.05) is 0 Å². The Balaban J connectivity index is 1.79. The van der Waals surface area contributed by atoms with Crippen LogP contribution in [0.1, 0.15) is 24.6 Å². The second-order valence-corrected chi connectivity index (χ2v) is 10.4. The molecular formula is C17H20ClN3O6S2. The van der Waals surface area contributed by atoms with Crippen LogP contribution < -0.4 is 10.2 Å². The van der Waals surface area contributed by atoms with Crippen LogP contribution in [-0.4, -0.2) is 52.1 Å². The van der Waals surface area contributed by atoms with E-state index in [2.05, 4.69) is 4.98 Å². The molecule has 1 aromatic carbocycles. The van der Waals surface area contributed by atoms with Crippen LogP contribution in [0.15, 0.2) is 35.4 Å². The van der Waals surface area contributed by atoms with Crippen molar-refractivity contribution in [3.63, 3.8) is 0 Å². The van der Waals surface area contributed by atoms with Gasteiger partial charge in [-0.1, -0.05) is 11.6 Å². The number of piperidine rings is 1. The summed E-state index contributed by atoms with van der Waals surface area (Å²) < 4.78 is 33.1. The molecule has 1 saturated heterocycles. The number of rotatable bonds is 6. The van der Waals surface area contributed by atoms with Gasteiger partial charge in [0.25, 0.3) is 5.91 Å². The first-order chi connectivity index (χ1) is 13.6. The number of thiazole rings is 1. The van der Waals surface area contributed by atoms with Crippen LogP contribution in [-0.2, 0) is 21.4 Å². The molecule has 12 heteroatoms. The molecule has 1 fully saturated rings. The van der Waals surface area contributed by atoms with Crippen molar-refractivity contribution in [2.24, 2.45) is 0 Å². The smallest absolute Gasteiger partial charge is 0.264 e. The molecule has 0 radical (unpaired) electrons. The number of aliphatic hydroxyl groups is 1. The van der Waals surface area contributed by atoms with E-state index in [0.29, 0.717) is 16.6 Å². The summed E-state index contributed by atoms with van der Waals surface area (Å²) in [6.07, 6.45) is 2.20. The highest BCUT2D eigenvalue weighted by Crippen LogP contribution is 2.33. The number of carbonyl (C=O) groups is 1. The van der Waals surface area contributed by atoms with Gasteiger partial charge in [0.05, 0.1) is 15.4 Å². The molecule has 1 aromatic heterocycles. The molecule has 29 heavy (non-hydrogen) atoms. The van der Waals surface area contributed by atoms with Crippen molar-refractivity contribution in [2.45, 2.75) is 42.9 Å². The monoisotopic (exact) mass is 461 g/mol. The molecule has 2 aromatic rings. The lowest BCUT2D eigenvalue weighted by Gasteiger charge is -2.42. The maximum atomic E-state index is 13.1. The van der Waals surface area contributed by atoms with E-state index in [1.165, 1.54) is 48.0 Å². The predicted octanol–water partition coefficient (Wildman–Crippen LogP) is 1.78. The van der Waals surface area contributed by atoms with Crippen molar-refractivity contribution in [1.82, 2.24) is 14.8 Å². The molecule has 0 spiro atoms. The van der Waals surface area contributed by atoms with Crippen molar-refractivity contribution in [2.75, 3.05) is 6.54 Å². The zero-order chi connectivity index (χ0) is 21.2. The number of ether oxygens (including phenoxy) is 1. The maximum absolute atomic E-state index is 13.1. The van der Waals surface area contributed by atoms with Crippen LogP contribution in [0.5, 0.6) is 5.75 Å². The molecule has 1 amide bonds. The average molecular weight is 462 g/mol. The second kappa shape index (κ2) is 8.54. The third kappa shape index (κ3) is 4.71. The van der Waals surface area contributed by atoms with E-state index < -0.39 is 27.6 Å². The molecule has 158 valence electrons. The highest BCUT2D eigenvalue weighted by atomic mass is 35.5. The fraction of sp³-hybridized carbons (Fsp3) is 0.412. The van der Waals surface area contributed by atoms with Gasteiger partial charge in [0, 0.05) is 12.7 Å². The van der Waals surface area contributed by atoms with Gasteiger partial charge < -0.3 is 9.84 Å². The number of carbonyl (C=O) groups excluding carboxylic acids is 1. The Morgan fingerprint density at radius 2 is 2.14 bits per heavy atom. The van der Waals surface area contributed by atoms with Crippen molar-refractivity contribution in [3.05, 3.63) is 39.8 Å². The quantitative estimate of drug-likeness (QED) is 0.441. The normalized spacial score (nSPS) is 23.0. The van der Waals surface area contributed by atoms with Gasteiger partial charge in [-0.05, 0) is 44.0 Å². The topological polar surface area (TPSA) is 129 Å². The fourth-order valence-electron chi connectivity index (χ4n) is 3.25. The van der Waals surface area contributed by atoms with Crippen LogP contribution in [0.3, 0.4) is 0 Å². The minimum atomic E-state index is -4.10. The van der Waals surface area contributed by atoms with Gasteiger partial charge in [0.1, 0.15) is 18.4 Å². The van der Waals surface area contributed by atoms with Gasteiger partial charge in [-0.2, -0.15) is 4.31 Å². The van der Waals surface area contributed by atoms with Crippen molar-refractivity contribution in [1.29, 1.82) is 0 Å². The Hall–Kier alpha value is -1.76. The molecule has 2 atom stereocenters. The number of hydrogen-bond donors (Lipinski definition) is 3. The van der Waals surface area contributed by atoms with Crippen molar-refractivity contribution in [3.8, 4) is 5.75 Å². The summed E-state index contributed by atoms with van der Waals surface area (Å²) in [4.78, 5) is 16.8. The van der Waals surface area contributed by atoms with Gasteiger partial charge >= 0.3 is 0 Å². The number of nitrogens with zero attached hydrogens (tertiary/aromatic N) is 2. The Morgan fingerprint density at radius 3 is 2.72 bits per heavy atom. The molecule has 9 nitrogen and oxygen atoms in total. The third-order valence-electron chi connectivity index (χ3n) is 4.63. The number of nitrogens with one attached hydrogen (secondary N) is 1. The first kappa shape index (κ1) is 21.9. The number of benzene rings is 1. The molecule has 3 N–H and O–H groups in total. The summed E-state index contributed by atoms with van der Waals surface area (Å²) in [6, 6.07) is 4.28. The number of hydroxylamine groups is 1. The van der Waals surface area contributed by atoms with E-state index in [0.717, 1.165) is 9.18 Å². The Labute approximate surface area is 176 Å². The van der Waals surface area contributed by atoms with Crippen LogP contribution in [0.25, 0.3) is 0 Å². The number of sulfonamides is 1. The molecule has 0 saturated carbocycles. The molecule has 0 aliphatic carbocycles. The maximum Gasteiger partial charge on any atom is 0.264 e. The lowest BCUT2D eigenvalue weighted by Crippen LogP contribution is -2.62. The highest BCUT2D eigenvalue weighted by Gasteiger charge is 2.49. The highest BCUT2D eigenvalue weighted by molar-refractivity contribution is 7.89. The van der Waals surface area contributed by atoms with E-state index in [4.69, 9.17) is 21.5 Å². The van der Waals surface area contributed by atoms with Crippen LogP contribution in [0, 0.1) is 0 Å². The number of amides is 1. The minimum absolute atomic E-state index is 0.0426. The molecule has 2 heterocycles. The van der Waals surface area contributed by atoms with E-state index in [9.17, 15) is 18.3 Å². The molecule has 1 aliphatic rings. The zero-order valence-corrected chi connectivity index (χ0v) is 17.8. The van der Waals surface area contributed by atoms with Crippen molar-refractivity contribution < 1.29 is 28.3 Å². The zero-order valence-electron chi connectivity index (χ0n) is 15.4. The van der Waals surface area contributed by atoms with Gasteiger partial charge in [-0.25, -0.2) is 18.9 Å².